The molecule has 0 rings (SSSR count). The molecule has 0 atom stereocenters. The van der Waals surface area contributed by atoms with Gasteiger partial charge in [-0.15, -0.1) is 0 Å². The van der Waals surface area contributed by atoms with E-state index >= 15 is 0 Å². The van der Waals surface area contributed by atoms with Crippen LogP contribution in [-0.2, 0) is 14.3 Å². The Kier molecular flexibility index (Phi) is 23.4. The van der Waals surface area contributed by atoms with Crippen molar-refractivity contribution in [2.75, 3.05) is 20.3 Å². The first kappa shape index (κ1) is 27.5. The van der Waals surface area contributed by atoms with Crippen LogP contribution in [-0.4, -0.2) is 26.3 Å². The fourth-order valence-corrected chi connectivity index (χ4v) is 3.06. The van der Waals surface area contributed by atoms with E-state index in [2.05, 4.69) is 30.6 Å². The van der Waals surface area contributed by atoms with Gasteiger partial charge in [-0.2, -0.15) is 0 Å². The largest absolute Gasteiger partial charge is 0.463 e. The van der Waals surface area contributed by atoms with Crippen LogP contribution >= 0.6 is 0 Å². The third-order valence-corrected chi connectivity index (χ3v) is 4.88. The van der Waals surface area contributed by atoms with Gasteiger partial charge in [0.15, 0.2) is 0 Å². The van der Waals surface area contributed by atoms with Gasteiger partial charge in [-0.05, 0) is 31.1 Å². The van der Waals surface area contributed by atoms with Crippen molar-refractivity contribution in [1.82, 2.24) is 0 Å². The quantitative estimate of drug-likeness (QED) is 0.134. The molecule has 0 heterocycles. The number of rotatable bonds is 19. The average molecular weight is 405 g/mol. The Hall–Kier alpha value is -1.45. The SMILES string of the molecule is CCCCCCCCC#CC#CCCCCCCCCCCC(=O)OCCOC. The van der Waals surface area contributed by atoms with Crippen LogP contribution in [0.4, 0.5) is 0 Å². The first-order valence-electron chi connectivity index (χ1n) is 11.9. The van der Waals surface area contributed by atoms with E-state index in [1.807, 2.05) is 0 Å². The summed E-state index contributed by atoms with van der Waals surface area (Å²) < 4.78 is 9.89. The molecule has 0 spiro atoms. The Morgan fingerprint density at radius 3 is 1.66 bits per heavy atom. The highest BCUT2D eigenvalue weighted by molar-refractivity contribution is 5.69. The zero-order valence-corrected chi connectivity index (χ0v) is 19.2. The minimum atomic E-state index is -0.102. The molecule has 0 aliphatic heterocycles. The van der Waals surface area contributed by atoms with Crippen LogP contribution in [0.2, 0.25) is 0 Å². The molecule has 0 bridgehead atoms. The van der Waals surface area contributed by atoms with E-state index in [1.165, 1.54) is 77.0 Å². The van der Waals surface area contributed by atoms with Crippen molar-refractivity contribution in [3.05, 3.63) is 0 Å². The molecule has 0 unspecified atom stereocenters. The van der Waals surface area contributed by atoms with Gasteiger partial charge >= 0.3 is 5.97 Å². The number of unbranched alkanes of at least 4 members (excludes halogenated alkanes) is 14. The number of hydrogen-bond acceptors (Lipinski definition) is 3. The van der Waals surface area contributed by atoms with E-state index < -0.39 is 0 Å². The van der Waals surface area contributed by atoms with Gasteiger partial charge in [0.05, 0.1) is 6.61 Å². The topological polar surface area (TPSA) is 35.5 Å². The second kappa shape index (κ2) is 24.6. The minimum absolute atomic E-state index is 0.102. The van der Waals surface area contributed by atoms with Crippen LogP contribution in [0.15, 0.2) is 0 Å². The molecule has 0 aromatic heterocycles. The van der Waals surface area contributed by atoms with Crippen molar-refractivity contribution < 1.29 is 14.3 Å². The van der Waals surface area contributed by atoms with Crippen LogP contribution in [0.1, 0.15) is 116 Å². The van der Waals surface area contributed by atoms with E-state index in [9.17, 15) is 4.79 Å². The highest BCUT2D eigenvalue weighted by Gasteiger charge is 2.01. The Morgan fingerprint density at radius 2 is 1.14 bits per heavy atom. The van der Waals surface area contributed by atoms with E-state index in [4.69, 9.17) is 9.47 Å². The normalized spacial score (nSPS) is 10.0. The number of methoxy groups -OCH3 is 1. The third kappa shape index (κ3) is 24.5. The van der Waals surface area contributed by atoms with Gasteiger partial charge in [0.25, 0.3) is 0 Å². The molecule has 0 radical (unpaired) electrons. The second-order valence-electron chi connectivity index (χ2n) is 7.66. The lowest BCUT2D eigenvalue weighted by Gasteiger charge is -2.04. The van der Waals surface area contributed by atoms with Crippen molar-refractivity contribution in [1.29, 1.82) is 0 Å². The van der Waals surface area contributed by atoms with Gasteiger partial charge < -0.3 is 9.47 Å². The summed E-state index contributed by atoms with van der Waals surface area (Å²) in [6, 6.07) is 0. The second-order valence-corrected chi connectivity index (χ2v) is 7.66. The molecule has 3 nitrogen and oxygen atoms in total. The number of carbonyl (C=O) groups is 1. The molecular weight excluding hydrogens is 360 g/mol. The molecule has 0 aromatic rings. The molecule has 0 N–H and O–H groups in total. The summed E-state index contributed by atoms with van der Waals surface area (Å²) >= 11 is 0. The predicted molar refractivity (Wildman–Crippen MR) is 123 cm³/mol. The van der Waals surface area contributed by atoms with Crippen LogP contribution < -0.4 is 0 Å². The molecule has 0 aromatic carbocycles. The molecular formula is C26H44O3. The van der Waals surface area contributed by atoms with E-state index in [0.717, 1.165) is 25.7 Å². The summed E-state index contributed by atoms with van der Waals surface area (Å²) in [6.45, 7) is 3.09. The molecule has 166 valence electrons. The standard InChI is InChI=1S/C26H44O3/c1-3-4-5-6-7-8-9-10-11-12-13-14-15-16-17-18-19-20-21-22-23-26(27)29-25-24-28-2/h3-9,14-25H2,1-2H3. The number of hydrogen-bond donors (Lipinski definition) is 0. The molecule has 0 fully saturated rings. The number of ether oxygens (including phenoxy) is 2. The van der Waals surface area contributed by atoms with Crippen molar-refractivity contribution in [3.8, 4) is 23.7 Å². The Labute approximate surface area is 180 Å². The maximum atomic E-state index is 11.4. The lowest BCUT2D eigenvalue weighted by atomic mass is 10.1. The predicted octanol–water partition coefficient (Wildman–Crippen LogP) is 6.83. The van der Waals surface area contributed by atoms with Crippen LogP contribution in [0.3, 0.4) is 0 Å². The van der Waals surface area contributed by atoms with Crippen molar-refractivity contribution in [2.45, 2.75) is 116 Å². The Bertz CT molecular complexity index is 476. The Balaban J connectivity index is 3.27. The van der Waals surface area contributed by atoms with Crippen LogP contribution in [0, 0.1) is 23.7 Å². The summed E-state index contributed by atoms with van der Waals surface area (Å²) in [4.78, 5) is 11.4. The van der Waals surface area contributed by atoms with Gasteiger partial charge in [0, 0.05) is 26.4 Å². The van der Waals surface area contributed by atoms with E-state index in [1.54, 1.807) is 7.11 Å². The average Bonchev–Trinajstić information content (AvgIpc) is 2.72. The van der Waals surface area contributed by atoms with Crippen molar-refractivity contribution >= 4 is 5.97 Å². The highest BCUT2D eigenvalue weighted by atomic mass is 16.6. The van der Waals surface area contributed by atoms with Gasteiger partial charge in [-0.25, -0.2) is 0 Å². The molecule has 29 heavy (non-hydrogen) atoms. The smallest absolute Gasteiger partial charge is 0.305 e. The minimum Gasteiger partial charge on any atom is -0.463 e. The zero-order valence-electron chi connectivity index (χ0n) is 19.2. The summed E-state index contributed by atoms with van der Waals surface area (Å²) in [5, 5.41) is 0. The first-order chi connectivity index (χ1) is 14.3. The summed E-state index contributed by atoms with van der Waals surface area (Å²) in [6.07, 6.45) is 19.9. The fraction of sp³-hybridized carbons (Fsp3) is 0.808. The molecule has 0 amide bonds. The first-order valence-corrected chi connectivity index (χ1v) is 11.9. The van der Waals surface area contributed by atoms with Gasteiger partial charge in [0.1, 0.15) is 6.61 Å². The van der Waals surface area contributed by atoms with Gasteiger partial charge in [0.2, 0.25) is 0 Å². The van der Waals surface area contributed by atoms with E-state index in [0.29, 0.717) is 19.6 Å². The Morgan fingerprint density at radius 1 is 0.655 bits per heavy atom. The lowest BCUT2D eigenvalue weighted by Crippen LogP contribution is -2.09. The maximum absolute atomic E-state index is 11.4. The number of carbonyl (C=O) groups excluding carboxylic acids is 1. The molecule has 3 heteroatoms. The van der Waals surface area contributed by atoms with Gasteiger partial charge in [-0.1, -0.05) is 89.4 Å². The van der Waals surface area contributed by atoms with Crippen LogP contribution in [0.25, 0.3) is 0 Å². The van der Waals surface area contributed by atoms with Crippen molar-refractivity contribution in [2.24, 2.45) is 0 Å². The number of esters is 1. The summed E-state index contributed by atoms with van der Waals surface area (Å²) in [5.74, 6) is 12.2. The fourth-order valence-electron chi connectivity index (χ4n) is 3.06. The van der Waals surface area contributed by atoms with E-state index in [-0.39, 0.29) is 5.97 Å². The third-order valence-electron chi connectivity index (χ3n) is 4.88. The van der Waals surface area contributed by atoms with Gasteiger partial charge in [-0.3, -0.25) is 4.79 Å². The lowest BCUT2D eigenvalue weighted by molar-refractivity contribution is -0.145. The summed E-state index contributed by atoms with van der Waals surface area (Å²) in [7, 11) is 1.61. The zero-order chi connectivity index (χ0) is 21.3. The molecule has 0 saturated heterocycles. The van der Waals surface area contributed by atoms with Crippen molar-refractivity contribution in [3.63, 3.8) is 0 Å². The summed E-state index contributed by atoms with van der Waals surface area (Å²) in [5.41, 5.74) is 0. The van der Waals surface area contributed by atoms with Crippen LogP contribution in [0.5, 0.6) is 0 Å². The molecule has 0 aliphatic carbocycles. The molecule has 0 aliphatic rings. The monoisotopic (exact) mass is 404 g/mol. The highest BCUT2D eigenvalue weighted by Crippen LogP contribution is 2.11. The maximum Gasteiger partial charge on any atom is 0.305 e. The molecule has 0 saturated carbocycles.